The first-order valence-electron chi connectivity index (χ1n) is 10.9. The van der Waals surface area contributed by atoms with Crippen LogP contribution in [0.1, 0.15) is 22.2 Å². The number of nitrogens with zero attached hydrogens (tertiary/aromatic N) is 3. The van der Waals surface area contributed by atoms with E-state index in [1.165, 1.54) is 36.4 Å². The number of hydrogen-bond acceptors (Lipinski definition) is 8. The lowest BCUT2D eigenvalue weighted by atomic mass is 9.96. The van der Waals surface area contributed by atoms with E-state index in [1.807, 2.05) is 0 Å². The van der Waals surface area contributed by atoms with Gasteiger partial charge in [-0.3, -0.25) is 19.5 Å². The van der Waals surface area contributed by atoms with Gasteiger partial charge in [-0.1, -0.05) is 41.1 Å². The molecular weight excluding hydrogens is 521 g/mol. The highest BCUT2D eigenvalue weighted by Gasteiger charge is 2.46. The summed E-state index contributed by atoms with van der Waals surface area (Å²) in [7, 11) is 1.48. The van der Waals surface area contributed by atoms with Crippen LogP contribution in [-0.2, 0) is 4.79 Å². The highest BCUT2D eigenvalue weighted by molar-refractivity contribution is 7.22. The number of para-hydroxylation sites is 1. The molecule has 0 aliphatic carbocycles. The predicted octanol–water partition coefficient (Wildman–Crippen LogP) is 6.02. The van der Waals surface area contributed by atoms with Crippen LogP contribution in [-0.4, -0.2) is 33.9 Å². The zero-order valence-electron chi connectivity index (χ0n) is 18.9. The summed E-state index contributed by atoms with van der Waals surface area (Å²) in [6.07, 6.45) is 3.03. The Hall–Kier alpha value is -4.28. The van der Waals surface area contributed by atoms with Crippen LogP contribution < -0.4 is 9.64 Å². The standard InChI is InChI=1S/C26H15ClFN3O5S/c1-35-17-6-2-4-12-8-18(36-24(12)17)22(32)20-21(13-5-3-7-29-11-13)31(25(34)23(20)33)26-30-16-9-14(27)15(28)10-19(16)37-26/h2-11,21,33H,1H3. The van der Waals surface area contributed by atoms with Crippen LogP contribution >= 0.6 is 22.9 Å². The van der Waals surface area contributed by atoms with E-state index < -0.39 is 29.3 Å². The van der Waals surface area contributed by atoms with Crippen molar-refractivity contribution >= 4 is 60.9 Å². The van der Waals surface area contributed by atoms with Gasteiger partial charge < -0.3 is 14.3 Å². The number of thiazole rings is 1. The fraction of sp³-hybridized carbons (Fsp3) is 0.0769. The summed E-state index contributed by atoms with van der Waals surface area (Å²) < 4.78 is 25.6. The van der Waals surface area contributed by atoms with E-state index in [4.69, 9.17) is 20.8 Å². The highest BCUT2D eigenvalue weighted by Crippen LogP contribution is 2.45. The molecule has 0 radical (unpaired) electrons. The van der Waals surface area contributed by atoms with Crippen LogP contribution in [0.25, 0.3) is 21.2 Å². The number of carbonyl (C=O) groups is 2. The molecule has 184 valence electrons. The van der Waals surface area contributed by atoms with Gasteiger partial charge in [-0.05, 0) is 35.9 Å². The van der Waals surface area contributed by atoms with Crippen LogP contribution in [0.4, 0.5) is 9.52 Å². The number of furan rings is 1. The van der Waals surface area contributed by atoms with E-state index in [9.17, 15) is 19.1 Å². The second kappa shape index (κ2) is 8.68. The number of anilines is 1. The van der Waals surface area contributed by atoms with Crippen molar-refractivity contribution in [2.24, 2.45) is 0 Å². The van der Waals surface area contributed by atoms with Crippen LogP contribution in [0.15, 0.2) is 76.7 Å². The molecule has 5 aromatic rings. The molecule has 2 aromatic carbocycles. The maximum absolute atomic E-state index is 14.1. The average Bonchev–Trinajstić information content (AvgIpc) is 3.58. The van der Waals surface area contributed by atoms with E-state index >= 15 is 0 Å². The maximum atomic E-state index is 14.1. The number of aliphatic hydroxyl groups is 1. The summed E-state index contributed by atoms with van der Waals surface area (Å²) in [5.41, 5.74) is 0.991. The number of rotatable bonds is 5. The Morgan fingerprint density at radius 1 is 1.24 bits per heavy atom. The first kappa shape index (κ1) is 23.1. The molecule has 1 aliphatic rings. The molecule has 3 aromatic heterocycles. The molecule has 0 spiro atoms. The normalized spacial score (nSPS) is 15.8. The van der Waals surface area contributed by atoms with Gasteiger partial charge in [0.05, 0.1) is 34.0 Å². The average molecular weight is 536 g/mol. The van der Waals surface area contributed by atoms with Gasteiger partial charge in [0, 0.05) is 17.8 Å². The van der Waals surface area contributed by atoms with Crippen molar-refractivity contribution in [2.45, 2.75) is 6.04 Å². The Morgan fingerprint density at radius 2 is 2.08 bits per heavy atom. The molecule has 37 heavy (non-hydrogen) atoms. The van der Waals surface area contributed by atoms with Crippen molar-refractivity contribution in [1.82, 2.24) is 9.97 Å². The lowest BCUT2D eigenvalue weighted by molar-refractivity contribution is -0.117. The fourth-order valence-corrected chi connectivity index (χ4v) is 5.50. The van der Waals surface area contributed by atoms with E-state index in [-0.39, 0.29) is 21.5 Å². The van der Waals surface area contributed by atoms with Crippen molar-refractivity contribution in [3.05, 3.63) is 94.4 Å². The lowest BCUT2D eigenvalue weighted by Crippen LogP contribution is -2.31. The molecular formula is C26H15ClFN3O5S. The molecule has 0 saturated carbocycles. The molecule has 6 rings (SSSR count). The molecule has 0 bridgehead atoms. The minimum Gasteiger partial charge on any atom is -0.503 e. The zero-order chi connectivity index (χ0) is 25.8. The number of Topliss-reactive ketones (excluding diaryl/α,β-unsaturated/α-hetero) is 1. The number of fused-ring (bicyclic) bond motifs is 2. The van der Waals surface area contributed by atoms with Crippen molar-refractivity contribution in [3.63, 3.8) is 0 Å². The number of methoxy groups -OCH3 is 1. The minimum atomic E-state index is -1.07. The number of halogens is 2. The summed E-state index contributed by atoms with van der Waals surface area (Å²) in [6, 6.07) is 11.6. The van der Waals surface area contributed by atoms with Gasteiger partial charge in [-0.15, -0.1) is 0 Å². The minimum absolute atomic E-state index is 0.0808. The quantitative estimate of drug-likeness (QED) is 0.274. The Kier molecular flexibility index (Phi) is 5.43. The van der Waals surface area contributed by atoms with Crippen molar-refractivity contribution in [1.29, 1.82) is 0 Å². The number of benzene rings is 2. The third kappa shape index (κ3) is 3.64. The van der Waals surface area contributed by atoms with Gasteiger partial charge in [0.1, 0.15) is 5.82 Å². The number of pyridine rings is 1. The van der Waals surface area contributed by atoms with Crippen LogP contribution in [0, 0.1) is 5.82 Å². The monoisotopic (exact) mass is 535 g/mol. The topological polar surface area (TPSA) is 106 Å². The third-order valence-corrected chi connectivity index (χ3v) is 7.34. The first-order chi connectivity index (χ1) is 17.9. The highest BCUT2D eigenvalue weighted by atomic mass is 35.5. The molecule has 1 aliphatic heterocycles. The van der Waals surface area contributed by atoms with E-state index in [0.717, 1.165) is 11.3 Å². The van der Waals surface area contributed by atoms with Gasteiger partial charge in [0.15, 0.2) is 28.0 Å². The van der Waals surface area contributed by atoms with Gasteiger partial charge in [0.25, 0.3) is 5.91 Å². The Balaban J connectivity index is 1.50. The number of ether oxygens (including phenoxy) is 1. The Morgan fingerprint density at radius 3 is 2.84 bits per heavy atom. The number of aliphatic hydroxyl groups excluding tert-OH is 1. The second-order valence-corrected chi connectivity index (χ2v) is 9.59. The van der Waals surface area contributed by atoms with Crippen molar-refractivity contribution in [3.8, 4) is 5.75 Å². The smallest absolute Gasteiger partial charge is 0.296 e. The summed E-state index contributed by atoms with van der Waals surface area (Å²) in [5, 5.41) is 11.6. The molecule has 8 nitrogen and oxygen atoms in total. The van der Waals surface area contributed by atoms with Crippen molar-refractivity contribution in [2.75, 3.05) is 12.0 Å². The Bertz CT molecular complexity index is 1730. The first-order valence-corrected chi connectivity index (χ1v) is 12.1. The Labute approximate surface area is 217 Å². The molecule has 11 heteroatoms. The SMILES string of the molecule is COc1cccc2cc(C(=O)C3=C(O)C(=O)N(c4nc5cc(Cl)c(F)cc5s4)C3c3cccnc3)oc12. The van der Waals surface area contributed by atoms with Gasteiger partial charge in [0.2, 0.25) is 5.78 Å². The molecule has 4 heterocycles. The van der Waals surface area contributed by atoms with Crippen LogP contribution in [0.3, 0.4) is 0 Å². The summed E-state index contributed by atoms with van der Waals surface area (Å²) >= 11 is 6.94. The van der Waals surface area contributed by atoms with Gasteiger partial charge >= 0.3 is 0 Å². The number of aromatic nitrogens is 2. The van der Waals surface area contributed by atoms with Gasteiger partial charge in [-0.2, -0.15) is 0 Å². The fourth-order valence-electron chi connectivity index (χ4n) is 4.34. The van der Waals surface area contributed by atoms with Crippen molar-refractivity contribution < 1.29 is 28.2 Å². The number of amides is 1. The van der Waals surface area contributed by atoms with E-state index in [2.05, 4.69) is 9.97 Å². The van der Waals surface area contributed by atoms with Crippen LogP contribution in [0.2, 0.25) is 5.02 Å². The summed E-state index contributed by atoms with van der Waals surface area (Å²) in [6.45, 7) is 0. The largest absolute Gasteiger partial charge is 0.503 e. The number of hydrogen-bond donors (Lipinski definition) is 1. The molecule has 1 amide bonds. The zero-order valence-corrected chi connectivity index (χ0v) is 20.5. The second-order valence-electron chi connectivity index (χ2n) is 8.18. The lowest BCUT2D eigenvalue weighted by Gasteiger charge is -2.23. The molecule has 1 unspecified atom stereocenters. The van der Waals surface area contributed by atoms with Gasteiger partial charge in [-0.25, -0.2) is 9.37 Å². The summed E-state index contributed by atoms with van der Waals surface area (Å²) in [5.74, 6) is -2.54. The van der Waals surface area contributed by atoms with E-state index in [0.29, 0.717) is 32.5 Å². The van der Waals surface area contributed by atoms with E-state index in [1.54, 1.807) is 36.5 Å². The van der Waals surface area contributed by atoms with Crippen LogP contribution in [0.5, 0.6) is 5.75 Å². The summed E-state index contributed by atoms with van der Waals surface area (Å²) in [4.78, 5) is 36.9. The molecule has 0 fully saturated rings. The molecule has 1 N–H and O–H groups in total. The third-order valence-electron chi connectivity index (χ3n) is 6.03. The molecule has 1 atom stereocenters. The number of ketones is 1. The molecule has 0 saturated heterocycles. The maximum Gasteiger partial charge on any atom is 0.296 e. The predicted molar refractivity (Wildman–Crippen MR) is 136 cm³/mol. The number of carbonyl (C=O) groups excluding carboxylic acids is 2.